The molecule has 1 aliphatic rings. The highest BCUT2D eigenvalue weighted by atomic mass is 79.9. The Morgan fingerprint density at radius 1 is 1.53 bits per heavy atom. The maximum Gasteiger partial charge on any atom is 0.239 e. The summed E-state index contributed by atoms with van der Waals surface area (Å²) in [5.41, 5.74) is 1.07. The first-order valence-electron chi connectivity index (χ1n) is 5.64. The molecule has 1 aliphatic heterocycles. The molecule has 0 spiro atoms. The fraction of sp³-hybridized carbons (Fsp3) is 0.417. The molecule has 2 N–H and O–H groups in total. The first-order chi connectivity index (χ1) is 8.20. The molecule has 1 heterocycles. The van der Waals surface area contributed by atoms with E-state index in [1.165, 1.54) is 0 Å². The number of benzene rings is 1. The van der Waals surface area contributed by atoms with E-state index in [2.05, 4.69) is 31.5 Å². The van der Waals surface area contributed by atoms with Gasteiger partial charge in [-0.25, -0.2) is 0 Å². The van der Waals surface area contributed by atoms with Crippen molar-refractivity contribution in [3.8, 4) is 0 Å². The molecule has 1 atom stereocenters. The fourth-order valence-electron chi connectivity index (χ4n) is 2.08. The van der Waals surface area contributed by atoms with Crippen LogP contribution in [0.5, 0.6) is 0 Å². The van der Waals surface area contributed by atoms with E-state index in [1.807, 2.05) is 31.3 Å². The molecule has 92 valence electrons. The summed E-state index contributed by atoms with van der Waals surface area (Å²) in [5, 5.41) is 6.07. The summed E-state index contributed by atoms with van der Waals surface area (Å²) in [6, 6.07) is 8.14. The first kappa shape index (κ1) is 12.4. The van der Waals surface area contributed by atoms with Crippen LogP contribution in [0.1, 0.15) is 0 Å². The van der Waals surface area contributed by atoms with Gasteiger partial charge in [-0.3, -0.25) is 4.79 Å². The second-order valence-corrected chi connectivity index (χ2v) is 5.01. The van der Waals surface area contributed by atoms with Crippen molar-refractivity contribution in [2.45, 2.75) is 6.04 Å². The number of carbonyl (C=O) groups excluding carboxylic acids is 1. The zero-order chi connectivity index (χ0) is 12.3. The third kappa shape index (κ3) is 2.98. The van der Waals surface area contributed by atoms with Gasteiger partial charge in [-0.2, -0.15) is 0 Å². The molecule has 5 heteroatoms. The number of nitrogens with zero attached hydrogens (tertiary/aromatic N) is 1. The van der Waals surface area contributed by atoms with Gasteiger partial charge >= 0.3 is 0 Å². The Kier molecular flexibility index (Phi) is 4.02. The van der Waals surface area contributed by atoms with E-state index in [1.54, 1.807) is 0 Å². The van der Waals surface area contributed by atoms with Gasteiger partial charge in [0.25, 0.3) is 0 Å². The number of halogens is 1. The average molecular weight is 298 g/mol. The third-order valence-corrected chi connectivity index (χ3v) is 3.45. The van der Waals surface area contributed by atoms with Crippen molar-refractivity contribution in [1.82, 2.24) is 10.6 Å². The van der Waals surface area contributed by atoms with Crippen molar-refractivity contribution in [3.05, 3.63) is 28.7 Å². The lowest BCUT2D eigenvalue weighted by atomic mass is 10.1. The molecule has 0 saturated carbocycles. The molecule has 0 bridgehead atoms. The number of rotatable bonds is 3. The molecular weight excluding hydrogens is 282 g/mol. The maximum absolute atomic E-state index is 11.6. The van der Waals surface area contributed by atoms with Crippen molar-refractivity contribution in [1.29, 1.82) is 0 Å². The van der Waals surface area contributed by atoms with Crippen molar-refractivity contribution < 1.29 is 4.79 Å². The van der Waals surface area contributed by atoms with Crippen molar-refractivity contribution in [2.24, 2.45) is 0 Å². The predicted molar refractivity (Wildman–Crippen MR) is 72.2 cm³/mol. The van der Waals surface area contributed by atoms with E-state index < -0.39 is 0 Å². The van der Waals surface area contributed by atoms with E-state index in [4.69, 9.17) is 0 Å². The topological polar surface area (TPSA) is 44.4 Å². The Labute approximate surface area is 110 Å². The number of piperazine rings is 1. The van der Waals surface area contributed by atoms with Crippen LogP contribution in [-0.4, -0.2) is 38.6 Å². The van der Waals surface area contributed by atoms with Crippen molar-refractivity contribution >= 4 is 27.5 Å². The number of amides is 1. The summed E-state index contributed by atoms with van der Waals surface area (Å²) in [4.78, 5) is 13.7. The van der Waals surface area contributed by atoms with Gasteiger partial charge in [0.2, 0.25) is 5.91 Å². The fourth-order valence-corrected chi connectivity index (χ4v) is 2.61. The Morgan fingerprint density at radius 3 is 3.00 bits per heavy atom. The first-order valence-corrected chi connectivity index (χ1v) is 6.43. The largest absolute Gasteiger partial charge is 0.359 e. The second kappa shape index (κ2) is 5.51. The third-order valence-electron chi connectivity index (χ3n) is 2.78. The van der Waals surface area contributed by atoms with Gasteiger partial charge in [0.1, 0.15) is 0 Å². The summed E-state index contributed by atoms with van der Waals surface area (Å²) in [6.07, 6.45) is 0. The van der Waals surface area contributed by atoms with Crippen LogP contribution in [-0.2, 0) is 4.79 Å². The molecule has 17 heavy (non-hydrogen) atoms. The monoisotopic (exact) mass is 297 g/mol. The van der Waals surface area contributed by atoms with Gasteiger partial charge in [-0.15, -0.1) is 0 Å². The summed E-state index contributed by atoms with van der Waals surface area (Å²) < 4.78 is 1.03. The molecule has 0 radical (unpaired) electrons. The van der Waals surface area contributed by atoms with Crippen LogP contribution in [0.25, 0.3) is 0 Å². The lowest BCUT2D eigenvalue weighted by Gasteiger charge is -2.35. The highest BCUT2D eigenvalue weighted by molar-refractivity contribution is 9.10. The van der Waals surface area contributed by atoms with Gasteiger partial charge in [-0.05, 0) is 35.1 Å². The molecular formula is C12H16BrN3O. The Hall–Kier alpha value is -1.07. The SMILES string of the molecule is CNCC1CN(c2ccccc2Br)CC(=O)N1. The minimum absolute atomic E-state index is 0.0762. The van der Waals surface area contributed by atoms with E-state index in [0.29, 0.717) is 6.54 Å². The molecule has 2 rings (SSSR count). The maximum atomic E-state index is 11.6. The quantitative estimate of drug-likeness (QED) is 0.874. The van der Waals surface area contributed by atoms with Gasteiger partial charge in [0.15, 0.2) is 0 Å². The standard InChI is InChI=1S/C12H16BrN3O/c1-14-6-9-7-16(8-12(17)15-9)11-5-3-2-4-10(11)13/h2-5,9,14H,6-8H2,1H3,(H,15,17). The highest BCUT2D eigenvalue weighted by Gasteiger charge is 2.24. The normalized spacial score (nSPS) is 20.2. The summed E-state index contributed by atoms with van der Waals surface area (Å²) in [5.74, 6) is 0.0762. The van der Waals surface area contributed by atoms with Crippen LogP contribution in [0.15, 0.2) is 28.7 Å². The number of para-hydroxylation sites is 1. The molecule has 4 nitrogen and oxygen atoms in total. The van der Waals surface area contributed by atoms with Crippen molar-refractivity contribution in [2.75, 3.05) is 31.6 Å². The molecule has 1 amide bonds. The smallest absolute Gasteiger partial charge is 0.239 e. The number of hydrogen-bond acceptors (Lipinski definition) is 3. The van der Waals surface area contributed by atoms with Gasteiger partial charge in [-0.1, -0.05) is 12.1 Å². The number of anilines is 1. The van der Waals surface area contributed by atoms with Gasteiger partial charge < -0.3 is 15.5 Å². The van der Waals surface area contributed by atoms with E-state index in [0.717, 1.165) is 23.2 Å². The molecule has 0 aliphatic carbocycles. The Balaban J connectivity index is 2.15. The molecule has 0 aromatic heterocycles. The Morgan fingerprint density at radius 2 is 2.29 bits per heavy atom. The Bertz CT molecular complexity index is 410. The highest BCUT2D eigenvalue weighted by Crippen LogP contribution is 2.26. The van der Waals surface area contributed by atoms with Crippen LogP contribution in [0.3, 0.4) is 0 Å². The zero-order valence-electron chi connectivity index (χ0n) is 9.74. The average Bonchev–Trinajstić information content (AvgIpc) is 2.29. The van der Waals surface area contributed by atoms with Crippen LogP contribution >= 0.6 is 15.9 Å². The zero-order valence-corrected chi connectivity index (χ0v) is 11.3. The lowest BCUT2D eigenvalue weighted by Crippen LogP contribution is -2.57. The minimum Gasteiger partial charge on any atom is -0.359 e. The van der Waals surface area contributed by atoms with Crippen LogP contribution in [0, 0.1) is 0 Å². The molecule has 1 aromatic rings. The summed E-state index contributed by atoms with van der Waals surface area (Å²) in [7, 11) is 1.89. The van der Waals surface area contributed by atoms with Gasteiger partial charge in [0, 0.05) is 17.6 Å². The number of carbonyl (C=O) groups is 1. The van der Waals surface area contributed by atoms with Crippen molar-refractivity contribution in [3.63, 3.8) is 0 Å². The summed E-state index contributed by atoms with van der Waals surface area (Å²) >= 11 is 3.52. The number of likely N-dealkylation sites (N-methyl/N-ethyl adjacent to an activating group) is 1. The number of nitrogens with one attached hydrogen (secondary N) is 2. The van der Waals surface area contributed by atoms with E-state index in [-0.39, 0.29) is 11.9 Å². The minimum atomic E-state index is 0.0762. The second-order valence-electron chi connectivity index (χ2n) is 4.15. The molecule has 1 fully saturated rings. The number of hydrogen-bond donors (Lipinski definition) is 2. The molecule has 1 saturated heterocycles. The van der Waals surface area contributed by atoms with Crippen LogP contribution in [0.4, 0.5) is 5.69 Å². The van der Waals surface area contributed by atoms with Gasteiger partial charge in [0.05, 0.1) is 18.3 Å². The lowest BCUT2D eigenvalue weighted by molar-refractivity contribution is -0.121. The van der Waals surface area contributed by atoms with Crippen LogP contribution < -0.4 is 15.5 Å². The summed E-state index contributed by atoms with van der Waals surface area (Å²) in [6.45, 7) is 2.03. The predicted octanol–water partition coefficient (Wildman–Crippen LogP) is 0.973. The van der Waals surface area contributed by atoms with Crippen LogP contribution in [0.2, 0.25) is 0 Å². The molecule has 1 aromatic carbocycles. The van der Waals surface area contributed by atoms with E-state index >= 15 is 0 Å². The van der Waals surface area contributed by atoms with E-state index in [9.17, 15) is 4.79 Å². The molecule has 1 unspecified atom stereocenters.